The van der Waals surface area contributed by atoms with E-state index < -0.39 is 0 Å². The van der Waals surface area contributed by atoms with Gasteiger partial charge in [0.15, 0.2) is 0 Å². The van der Waals surface area contributed by atoms with Gasteiger partial charge in [0.1, 0.15) is 5.82 Å². The second kappa shape index (κ2) is 8.15. The van der Waals surface area contributed by atoms with E-state index in [1.807, 2.05) is 0 Å². The number of nitrogens with one attached hydrogen (secondary N) is 2. The van der Waals surface area contributed by atoms with Gasteiger partial charge in [0.2, 0.25) is 5.91 Å². The van der Waals surface area contributed by atoms with Crippen LogP contribution in [0.5, 0.6) is 0 Å². The number of aromatic nitrogens is 2. The van der Waals surface area contributed by atoms with Gasteiger partial charge in [0.25, 0.3) is 0 Å². The number of likely N-dealkylation sites (tertiary alicyclic amines) is 1. The Labute approximate surface area is 145 Å². The van der Waals surface area contributed by atoms with Crippen LogP contribution in [0.2, 0.25) is 0 Å². The molecular formula is C19H32N4O. The van der Waals surface area contributed by atoms with Crippen molar-refractivity contribution in [2.24, 2.45) is 11.8 Å². The van der Waals surface area contributed by atoms with E-state index in [4.69, 9.17) is 0 Å². The molecule has 1 aromatic heterocycles. The average molecular weight is 332 g/mol. The van der Waals surface area contributed by atoms with Crippen molar-refractivity contribution in [2.45, 2.75) is 65.3 Å². The van der Waals surface area contributed by atoms with Crippen molar-refractivity contribution in [2.75, 3.05) is 19.6 Å². The monoisotopic (exact) mass is 332 g/mol. The van der Waals surface area contributed by atoms with Crippen molar-refractivity contribution in [3.63, 3.8) is 0 Å². The van der Waals surface area contributed by atoms with Crippen LogP contribution in [-0.4, -0.2) is 40.4 Å². The molecule has 1 amide bonds. The van der Waals surface area contributed by atoms with E-state index in [1.54, 1.807) is 0 Å². The Morgan fingerprint density at radius 3 is 2.79 bits per heavy atom. The Hall–Kier alpha value is -1.36. The highest BCUT2D eigenvalue weighted by Crippen LogP contribution is 2.24. The van der Waals surface area contributed by atoms with Crippen LogP contribution in [0, 0.1) is 18.8 Å². The molecule has 1 saturated carbocycles. The number of hydrogen-bond acceptors (Lipinski definition) is 3. The minimum atomic E-state index is 0.274. The van der Waals surface area contributed by atoms with Crippen LogP contribution in [0.4, 0.5) is 0 Å². The third-order valence-corrected chi connectivity index (χ3v) is 5.65. The Morgan fingerprint density at radius 1 is 1.29 bits per heavy atom. The molecule has 1 atom stereocenters. The highest BCUT2D eigenvalue weighted by atomic mass is 16.1. The van der Waals surface area contributed by atoms with Crippen molar-refractivity contribution in [3.8, 4) is 0 Å². The molecule has 2 fully saturated rings. The summed E-state index contributed by atoms with van der Waals surface area (Å²) in [7, 11) is 0. The van der Waals surface area contributed by atoms with Gasteiger partial charge in [-0.2, -0.15) is 0 Å². The van der Waals surface area contributed by atoms with Crippen molar-refractivity contribution in [1.29, 1.82) is 0 Å². The molecule has 1 aliphatic carbocycles. The van der Waals surface area contributed by atoms with E-state index in [2.05, 4.69) is 34.0 Å². The fourth-order valence-electron chi connectivity index (χ4n) is 4.07. The topological polar surface area (TPSA) is 61.0 Å². The van der Waals surface area contributed by atoms with Gasteiger partial charge in [-0.1, -0.05) is 26.2 Å². The van der Waals surface area contributed by atoms with E-state index in [1.165, 1.54) is 37.1 Å². The summed E-state index contributed by atoms with van der Waals surface area (Å²) in [4.78, 5) is 22.8. The second-order valence-electron chi connectivity index (χ2n) is 7.58. The lowest BCUT2D eigenvalue weighted by atomic mass is 9.88. The summed E-state index contributed by atoms with van der Waals surface area (Å²) in [6.07, 6.45) is 8.04. The van der Waals surface area contributed by atoms with Crippen LogP contribution >= 0.6 is 0 Å². The normalized spacial score (nSPS) is 22.8. The predicted octanol–water partition coefficient (Wildman–Crippen LogP) is 2.80. The number of aryl methyl sites for hydroxylation is 2. The molecule has 0 radical (unpaired) electrons. The highest BCUT2D eigenvalue weighted by molar-refractivity contribution is 5.78. The van der Waals surface area contributed by atoms with Gasteiger partial charge in [0.05, 0.1) is 5.69 Å². The molecule has 134 valence electrons. The number of amides is 1. The van der Waals surface area contributed by atoms with Crippen LogP contribution in [0.1, 0.15) is 62.7 Å². The molecular weight excluding hydrogens is 300 g/mol. The average Bonchev–Trinajstić information content (AvgIpc) is 3.20. The van der Waals surface area contributed by atoms with Gasteiger partial charge < -0.3 is 10.3 Å². The molecule has 2 aliphatic rings. The number of carbonyl (C=O) groups is 1. The first-order valence-electron chi connectivity index (χ1n) is 9.70. The number of nitrogens with zero attached hydrogens (tertiary/aromatic N) is 2. The molecule has 0 spiro atoms. The molecule has 1 aliphatic heterocycles. The van der Waals surface area contributed by atoms with Crippen molar-refractivity contribution in [3.05, 3.63) is 17.2 Å². The van der Waals surface area contributed by atoms with Crippen molar-refractivity contribution < 1.29 is 4.79 Å². The Kier molecular flexibility index (Phi) is 5.93. The zero-order chi connectivity index (χ0) is 16.9. The molecule has 0 bridgehead atoms. The number of carbonyl (C=O) groups excluding carboxylic acids is 1. The van der Waals surface area contributed by atoms with E-state index in [9.17, 15) is 4.79 Å². The number of rotatable bonds is 6. The Balaban J connectivity index is 1.42. The second-order valence-corrected chi connectivity index (χ2v) is 7.58. The maximum Gasteiger partial charge on any atom is 0.223 e. The molecule has 1 aromatic rings. The molecule has 5 heteroatoms. The lowest BCUT2D eigenvalue weighted by Gasteiger charge is -2.22. The molecule has 2 N–H and O–H groups in total. The van der Waals surface area contributed by atoms with E-state index >= 15 is 0 Å². The summed E-state index contributed by atoms with van der Waals surface area (Å²) in [5.74, 6) is 2.24. The van der Waals surface area contributed by atoms with E-state index in [-0.39, 0.29) is 5.92 Å². The first-order valence-corrected chi connectivity index (χ1v) is 9.70. The number of imidazole rings is 1. The number of hydrogen-bond donors (Lipinski definition) is 2. The van der Waals surface area contributed by atoms with E-state index in [0.29, 0.717) is 11.8 Å². The minimum absolute atomic E-state index is 0.274. The molecule has 0 unspecified atom stereocenters. The largest absolute Gasteiger partial charge is 0.356 e. The van der Waals surface area contributed by atoms with E-state index in [0.717, 1.165) is 51.3 Å². The summed E-state index contributed by atoms with van der Waals surface area (Å²) in [6.45, 7) is 8.18. The zero-order valence-corrected chi connectivity index (χ0v) is 15.2. The fourth-order valence-corrected chi connectivity index (χ4v) is 4.07. The van der Waals surface area contributed by atoms with Gasteiger partial charge in [-0.15, -0.1) is 0 Å². The van der Waals surface area contributed by atoms with Crippen LogP contribution in [-0.2, 0) is 17.8 Å². The molecule has 24 heavy (non-hydrogen) atoms. The van der Waals surface area contributed by atoms with Crippen molar-refractivity contribution in [1.82, 2.24) is 20.2 Å². The van der Waals surface area contributed by atoms with Gasteiger partial charge in [-0.3, -0.25) is 9.69 Å². The molecule has 1 saturated heterocycles. The molecule has 5 nitrogen and oxygen atoms in total. The maximum absolute atomic E-state index is 12.3. The maximum atomic E-state index is 12.3. The Bertz CT molecular complexity index is 548. The van der Waals surface area contributed by atoms with Crippen LogP contribution < -0.4 is 5.32 Å². The highest BCUT2D eigenvalue weighted by Gasteiger charge is 2.26. The third kappa shape index (κ3) is 4.38. The summed E-state index contributed by atoms with van der Waals surface area (Å²) < 4.78 is 0. The standard InChI is InChI=1S/C19H32N4O/c1-3-18-21-14(2)17(22-18)13-23-10-9-15(12-23)11-20-19(24)16-7-5-4-6-8-16/h15-16H,3-13H2,1-2H3,(H,20,24)(H,21,22)/t15-/m0/s1. The predicted molar refractivity (Wildman–Crippen MR) is 95.7 cm³/mol. The third-order valence-electron chi connectivity index (χ3n) is 5.65. The lowest BCUT2D eigenvalue weighted by molar-refractivity contribution is -0.126. The molecule has 0 aromatic carbocycles. The summed E-state index contributed by atoms with van der Waals surface area (Å²) >= 11 is 0. The molecule has 2 heterocycles. The summed E-state index contributed by atoms with van der Waals surface area (Å²) in [5, 5.41) is 3.22. The summed E-state index contributed by atoms with van der Waals surface area (Å²) in [6, 6.07) is 0. The first kappa shape index (κ1) is 17.5. The van der Waals surface area contributed by atoms with Gasteiger partial charge in [-0.25, -0.2) is 4.98 Å². The van der Waals surface area contributed by atoms with Crippen molar-refractivity contribution >= 4 is 5.91 Å². The summed E-state index contributed by atoms with van der Waals surface area (Å²) in [5.41, 5.74) is 2.37. The number of aromatic amines is 1. The van der Waals surface area contributed by atoms with Gasteiger partial charge in [-0.05, 0) is 38.6 Å². The van der Waals surface area contributed by atoms with Crippen LogP contribution in [0.25, 0.3) is 0 Å². The van der Waals surface area contributed by atoms with Crippen LogP contribution in [0.15, 0.2) is 0 Å². The SMILES string of the molecule is CCc1nc(CN2CC[C@@H](CNC(=O)C3CCCCC3)C2)c(C)[nH]1. The van der Waals surface area contributed by atoms with Gasteiger partial charge in [0, 0.05) is 37.7 Å². The minimum Gasteiger partial charge on any atom is -0.356 e. The quantitative estimate of drug-likeness (QED) is 0.842. The smallest absolute Gasteiger partial charge is 0.223 e. The van der Waals surface area contributed by atoms with Gasteiger partial charge >= 0.3 is 0 Å². The number of H-pyrrole nitrogens is 1. The zero-order valence-electron chi connectivity index (χ0n) is 15.2. The first-order chi connectivity index (χ1) is 11.7. The lowest BCUT2D eigenvalue weighted by Crippen LogP contribution is -2.36. The fraction of sp³-hybridized carbons (Fsp3) is 0.789. The Morgan fingerprint density at radius 2 is 2.08 bits per heavy atom. The van der Waals surface area contributed by atoms with Crippen LogP contribution in [0.3, 0.4) is 0 Å². The molecule has 3 rings (SSSR count).